The van der Waals surface area contributed by atoms with Crippen LogP contribution in [0.25, 0.3) is 0 Å². The van der Waals surface area contributed by atoms with Gasteiger partial charge in [0.2, 0.25) is 21.8 Å². The van der Waals surface area contributed by atoms with E-state index in [-0.39, 0.29) is 42.1 Å². The number of benzene rings is 2. The highest BCUT2D eigenvalue weighted by Crippen LogP contribution is 2.37. The fraction of sp³-hybridized carbons (Fsp3) is 0.364. The van der Waals surface area contributed by atoms with E-state index in [1.54, 1.807) is 12.1 Å². The van der Waals surface area contributed by atoms with Crippen LogP contribution in [-0.2, 0) is 24.3 Å². The predicted molar refractivity (Wildman–Crippen MR) is 124 cm³/mol. The van der Waals surface area contributed by atoms with Crippen LogP contribution in [0.15, 0.2) is 46.2 Å². The molecule has 1 fully saturated rings. The van der Waals surface area contributed by atoms with Gasteiger partial charge >= 0.3 is 0 Å². The number of ether oxygens (including phenoxy) is 1. The van der Waals surface area contributed by atoms with Gasteiger partial charge in [0.05, 0.1) is 29.5 Å². The highest BCUT2D eigenvalue weighted by molar-refractivity contribution is 8.00. The number of nitrogens with zero attached hydrogens (tertiary/aromatic N) is 2. The van der Waals surface area contributed by atoms with Gasteiger partial charge in [0, 0.05) is 23.7 Å². The lowest BCUT2D eigenvalue weighted by atomic mass is 10.1. The molecule has 0 spiro atoms. The Kier molecular flexibility index (Phi) is 6.57. The first kappa shape index (κ1) is 22.8. The van der Waals surface area contributed by atoms with Crippen LogP contribution in [0.3, 0.4) is 0 Å². The van der Waals surface area contributed by atoms with Crippen LogP contribution in [0.4, 0.5) is 11.4 Å². The molecule has 0 radical (unpaired) electrons. The van der Waals surface area contributed by atoms with Crippen molar-refractivity contribution in [3.63, 3.8) is 0 Å². The molecule has 0 unspecified atom stereocenters. The lowest BCUT2D eigenvalue weighted by molar-refractivity contribution is -0.120. The molecule has 2 aromatic rings. The van der Waals surface area contributed by atoms with Crippen molar-refractivity contribution in [1.29, 1.82) is 0 Å². The Labute approximate surface area is 192 Å². The van der Waals surface area contributed by atoms with Gasteiger partial charge in [0.25, 0.3) is 0 Å². The second kappa shape index (κ2) is 9.22. The Bertz CT molecular complexity index is 1160. The molecule has 8 nitrogen and oxygen atoms in total. The maximum absolute atomic E-state index is 13.1. The van der Waals surface area contributed by atoms with Crippen LogP contribution < -0.4 is 10.2 Å². The Morgan fingerprint density at radius 2 is 1.84 bits per heavy atom. The van der Waals surface area contributed by atoms with E-state index in [1.807, 2.05) is 32.0 Å². The van der Waals surface area contributed by atoms with Crippen molar-refractivity contribution in [2.75, 3.05) is 48.8 Å². The van der Waals surface area contributed by atoms with Crippen LogP contribution in [0.2, 0.25) is 0 Å². The maximum Gasteiger partial charge on any atom is 0.244 e. The largest absolute Gasteiger partial charge is 0.379 e. The summed E-state index contributed by atoms with van der Waals surface area (Å²) in [4.78, 5) is 27.6. The number of hydrogen-bond donors (Lipinski definition) is 1. The monoisotopic (exact) mass is 475 g/mol. The zero-order chi connectivity index (χ0) is 22.9. The summed E-state index contributed by atoms with van der Waals surface area (Å²) in [7, 11) is -3.72. The SMILES string of the molecule is Cc1ccc(NC(=O)CN2C(=O)CSc3ccc(S(=O)(=O)N4CCOCC4)cc32)cc1C. The molecule has 0 aromatic heterocycles. The number of nitrogens with one attached hydrogen (secondary N) is 1. The van der Waals surface area contributed by atoms with Crippen molar-refractivity contribution in [2.45, 2.75) is 23.6 Å². The lowest BCUT2D eigenvalue weighted by Crippen LogP contribution is -2.42. The molecule has 32 heavy (non-hydrogen) atoms. The summed E-state index contributed by atoms with van der Waals surface area (Å²) in [6.07, 6.45) is 0. The first-order valence-electron chi connectivity index (χ1n) is 10.3. The number of aryl methyl sites for hydroxylation is 2. The molecule has 1 saturated heterocycles. The molecule has 0 saturated carbocycles. The van der Waals surface area contributed by atoms with E-state index in [0.717, 1.165) is 16.0 Å². The molecule has 0 aliphatic carbocycles. The van der Waals surface area contributed by atoms with Gasteiger partial charge < -0.3 is 15.0 Å². The quantitative estimate of drug-likeness (QED) is 0.714. The van der Waals surface area contributed by atoms with Crippen LogP contribution in [0.5, 0.6) is 0 Å². The van der Waals surface area contributed by atoms with Crippen molar-refractivity contribution < 1.29 is 22.7 Å². The molecule has 2 aliphatic heterocycles. The second-order valence-corrected chi connectivity index (χ2v) is 10.7. The average molecular weight is 476 g/mol. The van der Waals surface area contributed by atoms with Gasteiger partial charge in [-0.25, -0.2) is 8.42 Å². The van der Waals surface area contributed by atoms with E-state index in [2.05, 4.69) is 5.32 Å². The van der Waals surface area contributed by atoms with Crippen LogP contribution >= 0.6 is 11.8 Å². The molecular weight excluding hydrogens is 450 g/mol. The van der Waals surface area contributed by atoms with Gasteiger partial charge in [-0.15, -0.1) is 11.8 Å². The third-order valence-corrected chi connectivity index (χ3v) is 8.52. The summed E-state index contributed by atoms with van der Waals surface area (Å²) in [5.41, 5.74) is 3.27. The topological polar surface area (TPSA) is 96.0 Å². The molecule has 0 atom stereocenters. The number of carbonyl (C=O) groups excluding carboxylic acids is 2. The van der Waals surface area contributed by atoms with Crippen molar-refractivity contribution >= 4 is 45.0 Å². The van der Waals surface area contributed by atoms with Crippen LogP contribution in [0.1, 0.15) is 11.1 Å². The Morgan fingerprint density at radius 3 is 2.56 bits per heavy atom. The van der Waals surface area contributed by atoms with Crippen molar-refractivity contribution in [1.82, 2.24) is 4.31 Å². The van der Waals surface area contributed by atoms with Gasteiger partial charge in [0.15, 0.2) is 0 Å². The van der Waals surface area contributed by atoms with Crippen molar-refractivity contribution in [2.24, 2.45) is 0 Å². The molecule has 2 amide bonds. The van der Waals surface area contributed by atoms with Gasteiger partial charge in [-0.1, -0.05) is 6.07 Å². The minimum absolute atomic E-state index is 0.105. The van der Waals surface area contributed by atoms with E-state index < -0.39 is 10.0 Å². The smallest absolute Gasteiger partial charge is 0.244 e. The average Bonchev–Trinajstić information content (AvgIpc) is 2.78. The number of rotatable bonds is 5. The number of hydrogen-bond acceptors (Lipinski definition) is 6. The zero-order valence-electron chi connectivity index (χ0n) is 18.0. The Morgan fingerprint density at radius 1 is 1.09 bits per heavy atom. The van der Waals surface area contributed by atoms with Crippen molar-refractivity contribution in [3.8, 4) is 0 Å². The van der Waals surface area contributed by atoms with E-state index in [1.165, 1.54) is 27.0 Å². The first-order valence-corrected chi connectivity index (χ1v) is 12.7. The number of sulfonamides is 1. The van der Waals surface area contributed by atoms with Gasteiger partial charge in [-0.05, 0) is 55.3 Å². The molecule has 2 aliphatic rings. The molecular formula is C22H25N3O5S2. The fourth-order valence-corrected chi connectivity index (χ4v) is 5.96. The van der Waals surface area contributed by atoms with Gasteiger partial charge in [-0.2, -0.15) is 4.31 Å². The third-order valence-electron chi connectivity index (χ3n) is 5.57. The molecule has 4 rings (SSSR count). The van der Waals surface area contributed by atoms with Crippen LogP contribution in [-0.4, -0.2) is 63.1 Å². The molecule has 2 heterocycles. The zero-order valence-corrected chi connectivity index (χ0v) is 19.6. The summed E-state index contributed by atoms with van der Waals surface area (Å²) in [6, 6.07) is 10.4. The summed E-state index contributed by atoms with van der Waals surface area (Å²) in [5.74, 6) is -0.390. The summed E-state index contributed by atoms with van der Waals surface area (Å²) >= 11 is 1.34. The molecule has 0 bridgehead atoms. The summed E-state index contributed by atoms with van der Waals surface area (Å²) in [6.45, 7) is 5.03. The van der Waals surface area contributed by atoms with Crippen LogP contribution in [0, 0.1) is 13.8 Å². The summed E-state index contributed by atoms with van der Waals surface area (Å²) < 4.78 is 32.8. The Balaban J connectivity index is 1.58. The molecule has 10 heteroatoms. The van der Waals surface area contributed by atoms with Gasteiger partial charge in [-0.3, -0.25) is 9.59 Å². The number of morpholine rings is 1. The number of fused-ring (bicyclic) bond motifs is 1. The van der Waals surface area contributed by atoms with E-state index in [9.17, 15) is 18.0 Å². The second-order valence-electron chi connectivity index (χ2n) is 7.76. The summed E-state index contributed by atoms with van der Waals surface area (Å²) in [5, 5.41) is 2.83. The van der Waals surface area contributed by atoms with Crippen molar-refractivity contribution in [3.05, 3.63) is 47.5 Å². The molecule has 2 aromatic carbocycles. The standard InChI is InChI=1S/C22H25N3O5S2/c1-15-3-4-17(11-16(15)2)23-21(26)13-25-19-12-18(5-6-20(19)31-14-22(25)27)32(28,29)24-7-9-30-10-8-24/h3-6,11-12H,7-10,13-14H2,1-2H3,(H,23,26). The molecule has 170 valence electrons. The highest BCUT2D eigenvalue weighted by Gasteiger charge is 2.31. The van der Waals surface area contributed by atoms with Gasteiger partial charge in [0.1, 0.15) is 6.54 Å². The first-order chi connectivity index (χ1) is 15.3. The molecule has 1 N–H and O–H groups in total. The van der Waals surface area contributed by atoms with E-state index in [4.69, 9.17) is 4.74 Å². The number of amides is 2. The fourth-order valence-electron chi connectivity index (χ4n) is 3.62. The number of thioether (sulfide) groups is 1. The predicted octanol–water partition coefficient (Wildman–Crippen LogP) is 2.40. The maximum atomic E-state index is 13.1. The normalized spacial score (nSPS) is 17.2. The highest BCUT2D eigenvalue weighted by atomic mass is 32.2. The minimum atomic E-state index is -3.72. The lowest BCUT2D eigenvalue weighted by Gasteiger charge is -2.30. The third kappa shape index (κ3) is 4.68. The Hall–Kier alpha value is -2.40. The van der Waals surface area contributed by atoms with E-state index in [0.29, 0.717) is 24.6 Å². The number of carbonyl (C=O) groups is 2. The number of anilines is 2. The minimum Gasteiger partial charge on any atom is -0.379 e. The van der Waals surface area contributed by atoms with E-state index >= 15 is 0 Å².